The lowest BCUT2D eigenvalue weighted by atomic mass is 10.1. The van der Waals surface area contributed by atoms with Gasteiger partial charge in [0.25, 0.3) is 0 Å². The molecule has 3 nitrogen and oxygen atoms in total. The molecule has 0 aliphatic carbocycles. The molecule has 0 saturated carbocycles. The van der Waals surface area contributed by atoms with Gasteiger partial charge < -0.3 is 9.47 Å². The summed E-state index contributed by atoms with van der Waals surface area (Å²) in [5, 5.41) is 0. The molecule has 0 radical (unpaired) electrons. The molecular formula is C9H8O3. The molecule has 1 saturated heterocycles. The molecule has 1 atom stereocenters. The summed E-state index contributed by atoms with van der Waals surface area (Å²) in [6, 6.07) is 9.55. The zero-order valence-corrected chi connectivity index (χ0v) is 6.40. The smallest absolute Gasteiger partial charge is 0.430 e. The predicted octanol–water partition coefficient (Wildman–Crippen LogP) is 1.89. The van der Waals surface area contributed by atoms with Crippen LogP contribution in [0.5, 0.6) is 0 Å². The number of rotatable bonds is 1. The van der Waals surface area contributed by atoms with E-state index in [1.54, 1.807) is 0 Å². The van der Waals surface area contributed by atoms with Crippen molar-refractivity contribution in [2.45, 2.75) is 6.10 Å². The van der Waals surface area contributed by atoms with Crippen LogP contribution in [-0.2, 0) is 9.47 Å². The lowest BCUT2D eigenvalue weighted by Crippen LogP contribution is -1.99. The van der Waals surface area contributed by atoms with Gasteiger partial charge in [-0.25, -0.2) is 4.79 Å². The van der Waals surface area contributed by atoms with E-state index in [4.69, 9.17) is 4.74 Å². The Hall–Kier alpha value is -1.51. The Balaban J connectivity index is 2.16. The summed E-state index contributed by atoms with van der Waals surface area (Å²) in [6.45, 7) is 0.322. The highest BCUT2D eigenvalue weighted by atomic mass is 16.8. The number of carbonyl (C=O) groups is 1. The molecule has 12 heavy (non-hydrogen) atoms. The third-order valence-corrected chi connectivity index (χ3v) is 1.76. The zero-order valence-electron chi connectivity index (χ0n) is 6.40. The fraction of sp³-hybridized carbons (Fsp3) is 0.222. The first-order chi connectivity index (χ1) is 5.86. The highest BCUT2D eigenvalue weighted by Crippen LogP contribution is 2.22. The molecule has 1 aromatic rings. The topological polar surface area (TPSA) is 35.5 Å². The van der Waals surface area contributed by atoms with Gasteiger partial charge in [0.2, 0.25) is 0 Å². The summed E-state index contributed by atoms with van der Waals surface area (Å²) in [5.41, 5.74) is 0.975. The van der Waals surface area contributed by atoms with Crippen molar-refractivity contribution in [1.29, 1.82) is 0 Å². The Bertz CT molecular complexity index is 281. The maximum absolute atomic E-state index is 10.6. The van der Waals surface area contributed by atoms with E-state index in [2.05, 4.69) is 4.74 Å². The summed E-state index contributed by atoms with van der Waals surface area (Å²) < 4.78 is 9.54. The molecule has 1 fully saturated rings. The molecular weight excluding hydrogens is 156 g/mol. The van der Waals surface area contributed by atoms with E-state index in [0.29, 0.717) is 6.61 Å². The molecule has 0 unspecified atom stereocenters. The Kier molecular flexibility index (Phi) is 1.70. The van der Waals surface area contributed by atoms with E-state index < -0.39 is 6.16 Å². The normalized spacial score (nSPS) is 21.7. The third kappa shape index (κ3) is 1.25. The molecule has 0 N–H and O–H groups in total. The Morgan fingerprint density at radius 1 is 1.25 bits per heavy atom. The van der Waals surface area contributed by atoms with Gasteiger partial charge in [0.1, 0.15) is 6.61 Å². The highest BCUT2D eigenvalue weighted by molar-refractivity contribution is 5.62. The van der Waals surface area contributed by atoms with Crippen molar-refractivity contribution in [3.63, 3.8) is 0 Å². The first-order valence-electron chi connectivity index (χ1n) is 3.74. The number of carbonyl (C=O) groups excluding carboxylic acids is 1. The summed E-state index contributed by atoms with van der Waals surface area (Å²) in [5.74, 6) is 0. The average molecular weight is 164 g/mol. The maximum Gasteiger partial charge on any atom is 0.509 e. The standard InChI is InChI=1S/C9H8O3/c10-9-11-6-8(12-9)7-4-2-1-3-5-7/h1-5,8H,6H2/t8-/m1/s1. The van der Waals surface area contributed by atoms with Crippen molar-refractivity contribution in [3.8, 4) is 0 Å². The predicted molar refractivity (Wildman–Crippen MR) is 41.6 cm³/mol. The third-order valence-electron chi connectivity index (χ3n) is 1.76. The van der Waals surface area contributed by atoms with Gasteiger partial charge in [0, 0.05) is 0 Å². The minimum absolute atomic E-state index is 0.223. The van der Waals surface area contributed by atoms with Gasteiger partial charge in [0.15, 0.2) is 6.10 Å². The van der Waals surface area contributed by atoms with Crippen LogP contribution in [0.4, 0.5) is 4.79 Å². The molecule has 0 spiro atoms. The summed E-state index contributed by atoms with van der Waals surface area (Å²) in [4.78, 5) is 10.6. The first kappa shape index (κ1) is 7.16. The molecule has 0 bridgehead atoms. The van der Waals surface area contributed by atoms with Crippen LogP contribution >= 0.6 is 0 Å². The van der Waals surface area contributed by atoms with Gasteiger partial charge in [-0.2, -0.15) is 0 Å². The number of benzene rings is 1. The number of hydrogen-bond donors (Lipinski definition) is 0. The second-order valence-corrected chi connectivity index (χ2v) is 2.58. The van der Waals surface area contributed by atoms with Gasteiger partial charge in [-0.15, -0.1) is 0 Å². The van der Waals surface area contributed by atoms with Crippen molar-refractivity contribution in [3.05, 3.63) is 35.9 Å². The van der Waals surface area contributed by atoms with Gasteiger partial charge in [-0.3, -0.25) is 0 Å². The van der Waals surface area contributed by atoms with Crippen LogP contribution in [0.25, 0.3) is 0 Å². The van der Waals surface area contributed by atoms with Crippen LogP contribution in [0.1, 0.15) is 11.7 Å². The molecule has 1 aromatic carbocycles. The Morgan fingerprint density at radius 2 is 2.00 bits per heavy atom. The number of cyclic esters (lactones) is 2. The maximum atomic E-state index is 10.6. The molecule has 1 aliphatic rings. The molecule has 3 heteroatoms. The van der Waals surface area contributed by atoms with E-state index in [1.165, 1.54) is 0 Å². The SMILES string of the molecule is O=C1OC[C@H](c2ccccc2)O1. The van der Waals surface area contributed by atoms with Gasteiger partial charge in [-0.1, -0.05) is 30.3 Å². The Morgan fingerprint density at radius 3 is 2.58 bits per heavy atom. The van der Waals surface area contributed by atoms with E-state index in [9.17, 15) is 4.79 Å². The van der Waals surface area contributed by atoms with Crippen molar-refractivity contribution < 1.29 is 14.3 Å². The summed E-state index contributed by atoms with van der Waals surface area (Å²) in [6.07, 6.45) is -0.803. The first-order valence-corrected chi connectivity index (χ1v) is 3.74. The van der Waals surface area contributed by atoms with Gasteiger partial charge in [0.05, 0.1) is 0 Å². The van der Waals surface area contributed by atoms with E-state index in [-0.39, 0.29) is 6.10 Å². The minimum Gasteiger partial charge on any atom is -0.430 e. The number of hydrogen-bond acceptors (Lipinski definition) is 3. The van der Waals surface area contributed by atoms with E-state index >= 15 is 0 Å². The second-order valence-electron chi connectivity index (χ2n) is 2.58. The molecule has 0 aromatic heterocycles. The molecule has 1 aliphatic heterocycles. The molecule has 62 valence electrons. The molecule has 2 rings (SSSR count). The fourth-order valence-corrected chi connectivity index (χ4v) is 1.16. The fourth-order valence-electron chi connectivity index (χ4n) is 1.16. The largest absolute Gasteiger partial charge is 0.509 e. The minimum atomic E-state index is -0.580. The van der Waals surface area contributed by atoms with Crippen LogP contribution in [-0.4, -0.2) is 12.8 Å². The summed E-state index contributed by atoms with van der Waals surface area (Å²) >= 11 is 0. The lowest BCUT2D eigenvalue weighted by Gasteiger charge is -2.04. The van der Waals surface area contributed by atoms with Crippen molar-refractivity contribution in [1.82, 2.24) is 0 Å². The van der Waals surface area contributed by atoms with Crippen LogP contribution in [0.2, 0.25) is 0 Å². The van der Waals surface area contributed by atoms with Crippen molar-refractivity contribution in [2.24, 2.45) is 0 Å². The van der Waals surface area contributed by atoms with Gasteiger partial charge >= 0.3 is 6.16 Å². The monoisotopic (exact) mass is 164 g/mol. The Labute approximate surface area is 69.9 Å². The molecule has 1 heterocycles. The lowest BCUT2D eigenvalue weighted by molar-refractivity contribution is 0.118. The second kappa shape index (κ2) is 2.85. The van der Waals surface area contributed by atoms with Crippen LogP contribution < -0.4 is 0 Å². The highest BCUT2D eigenvalue weighted by Gasteiger charge is 2.25. The van der Waals surface area contributed by atoms with Crippen molar-refractivity contribution >= 4 is 6.16 Å². The quantitative estimate of drug-likeness (QED) is 0.594. The number of ether oxygens (including phenoxy) is 2. The van der Waals surface area contributed by atoms with E-state index in [1.807, 2.05) is 30.3 Å². The molecule has 0 amide bonds. The average Bonchev–Trinajstić information content (AvgIpc) is 2.54. The van der Waals surface area contributed by atoms with Crippen molar-refractivity contribution in [2.75, 3.05) is 6.61 Å². The van der Waals surface area contributed by atoms with Crippen LogP contribution in [0.15, 0.2) is 30.3 Å². The van der Waals surface area contributed by atoms with Crippen LogP contribution in [0, 0.1) is 0 Å². The van der Waals surface area contributed by atoms with Gasteiger partial charge in [-0.05, 0) is 5.56 Å². The van der Waals surface area contributed by atoms with E-state index in [0.717, 1.165) is 5.56 Å². The van der Waals surface area contributed by atoms with Crippen LogP contribution in [0.3, 0.4) is 0 Å². The summed E-state index contributed by atoms with van der Waals surface area (Å²) in [7, 11) is 0. The zero-order chi connectivity index (χ0) is 8.39.